The molecule has 5 rings (SSSR count). The number of imide groups is 1. The largest absolute Gasteiger partial charge is 0.369 e. The number of rotatable bonds is 5. The lowest BCUT2D eigenvalue weighted by molar-refractivity contribution is -0.136. The highest BCUT2D eigenvalue weighted by molar-refractivity contribution is 5.99. The molecule has 10 nitrogen and oxygen atoms in total. The fourth-order valence-electron chi connectivity index (χ4n) is 5.41. The van der Waals surface area contributed by atoms with Crippen LogP contribution < -0.4 is 21.5 Å². The second-order valence-corrected chi connectivity index (χ2v) is 10.0. The van der Waals surface area contributed by atoms with E-state index in [4.69, 9.17) is 5.73 Å². The Balaban J connectivity index is 1.25. The van der Waals surface area contributed by atoms with Crippen LogP contribution >= 0.6 is 0 Å². The van der Waals surface area contributed by atoms with Crippen LogP contribution in [-0.4, -0.2) is 89.8 Å². The molecule has 2 amide bonds. The van der Waals surface area contributed by atoms with E-state index in [0.717, 1.165) is 76.3 Å². The Labute approximate surface area is 205 Å². The number of nitrogens with zero attached hydrogens (tertiary/aromatic N) is 5. The van der Waals surface area contributed by atoms with Gasteiger partial charge in [0.25, 0.3) is 11.5 Å². The molecule has 0 radical (unpaired) electrons. The molecule has 3 aliphatic rings. The van der Waals surface area contributed by atoms with Crippen LogP contribution in [0.4, 0.5) is 5.69 Å². The molecule has 2 aromatic rings. The summed E-state index contributed by atoms with van der Waals surface area (Å²) >= 11 is 0. The van der Waals surface area contributed by atoms with Gasteiger partial charge in [0.1, 0.15) is 6.04 Å². The minimum atomic E-state index is -0.752. The molecule has 1 unspecified atom stereocenters. The van der Waals surface area contributed by atoms with Crippen LogP contribution in [0.1, 0.15) is 37.4 Å². The molecule has 0 saturated carbocycles. The van der Waals surface area contributed by atoms with Gasteiger partial charge in [0.2, 0.25) is 5.91 Å². The van der Waals surface area contributed by atoms with Gasteiger partial charge in [-0.1, -0.05) is 0 Å². The van der Waals surface area contributed by atoms with Crippen LogP contribution in [0.2, 0.25) is 0 Å². The van der Waals surface area contributed by atoms with Gasteiger partial charge in [-0.15, -0.1) is 0 Å². The van der Waals surface area contributed by atoms with E-state index in [2.05, 4.69) is 25.1 Å². The molecule has 1 atom stereocenters. The van der Waals surface area contributed by atoms with E-state index < -0.39 is 11.9 Å². The summed E-state index contributed by atoms with van der Waals surface area (Å²) in [6, 6.07) is 5.50. The maximum absolute atomic E-state index is 13.2. The first kappa shape index (κ1) is 23.9. The van der Waals surface area contributed by atoms with Crippen LogP contribution in [0.25, 0.3) is 10.8 Å². The van der Waals surface area contributed by atoms with Crippen LogP contribution in [0, 0.1) is 6.92 Å². The summed E-state index contributed by atoms with van der Waals surface area (Å²) in [5, 5.41) is 8.13. The fraction of sp³-hybridized carbons (Fsp3) is 0.600. The van der Waals surface area contributed by atoms with Gasteiger partial charge in [-0.2, -0.15) is 5.10 Å². The van der Waals surface area contributed by atoms with Crippen molar-refractivity contribution in [3.63, 3.8) is 0 Å². The Hall–Kier alpha value is -2.82. The Kier molecular flexibility index (Phi) is 6.86. The zero-order chi connectivity index (χ0) is 24.5. The number of piperidine rings is 2. The van der Waals surface area contributed by atoms with Crippen molar-refractivity contribution in [2.24, 2.45) is 5.73 Å². The summed E-state index contributed by atoms with van der Waals surface area (Å²) in [6.45, 7) is 10.2. The number of anilines is 1. The minimum absolute atomic E-state index is 0.207. The molecule has 1 aromatic heterocycles. The third-order valence-electron chi connectivity index (χ3n) is 7.70. The van der Waals surface area contributed by atoms with E-state index in [1.165, 1.54) is 4.68 Å². The lowest BCUT2D eigenvalue weighted by Gasteiger charge is -2.38. The van der Waals surface area contributed by atoms with Crippen molar-refractivity contribution in [1.29, 1.82) is 0 Å². The number of aryl methyl sites for hydroxylation is 1. The van der Waals surface area contributed by atoms with Gasteiger partial charge in [-0.3, -0.25) is 24.6 Å². The van der Waals surface area contributed by atoms with Crippen molar-refractivity contribution in [2.75, 3.05) is 57.3 Å². The summed E-state index contributed by atoms with van der Waals surface area (Å²) in [7, 11) is 0. The maximum atomic E-state index is 13.2. The first-order valence-corrected chi connectivity index (χ1v) is 12.7. The van der Waals surface area contributed by atoms with Gasteiger partial charge >= 0.3 is 0 Å². The van der Waals surface area contributed by atoms with Crippen molar-refractivity contribution < 1.29 is 9.59 Å². The monoisotopic (exact) mass is 481 g/mol. The fourth-order valence-corrected chi connectivity index (χ4v) is 5.41. The second-order valence-electron chi connectivity index (χ2n) is 10.0. The summed E-state index contributed by atoms with van der Waals surface area (Å²) in [5.74, 6) is -0.772. The Morgan fingerprint density at radius 2 is 1.63 bits per heavy atom. The third-order valence-corrected chi connectivity index (χ3v) is 7.70. The second kappa shape index (κ2) is 10.0. The predicted octanol–water partition coefficient (Wildman–Crippen LogP) is 0.228. The smallest absolute Gasteiger partial charge is 0.275 e. The van der Waals surface area contributed by atoms with Gasteiger partial charge in [0.15, 0.2) is 0 Å². The molecule has 3 aliphatic heterocycles. The SMILES string of the molecule is Cc1nn(C2CCC(=O)NC2=O)c(=O)c2ccc(N3CCN(CCN4CCC(N)CC4)CC3)cc12. The lowest BCUT2D eigenvalue weighted by Crippen LogP contribution is -2.49. The number of carbonyl (C=O) groups excluding carboxylic acids is 2. The van der Waals surface area contributed by atoms with E-state index in [1.54, 1.807) is 0 Å². The average molecular weight is 482 g/mol. The highest BCUT2D eigenvalue weighted by Crippen LogP contribution is 2.25. The summed E-state index contributed by atoms with van der Waals surface area (Å²) in [6.07, 6.45) is 2.69. The van der Waals surface area contributed by atoms with E-state index in [9.17, 15) is 14.4 Å². The number of likely N-dealkylation sites (tertiary alicyclic amines) is 1. The standard InChI is InChI=1S/C25H35N7O3/c1-17-21-16-19(31-14-12-30(13-15-31)11-10-29-8-6-18(26)7-9-29)2-3-20(21)25(35)32(28-17)22-4-5-23(33)27-24(22)34/h2-3,16,18,22H,4-15,26H2,1H3,(H,27,33,34). The number of nitrogens with two attached hydrogens (primary N) is 1. The van der Waals surface area contributed by atoms with Gasteiger partial charge < -0.3 is 15.5 Å². The van der Waals surface area contributed by atoms with Crippen molar-refractivity contribution in [1.82, 2.24) is 24.9 Å². The van der Waals surface area contributed by atoms with Crippen molar-refractivity contribution in [3.8, 4) is 0 Å². The lowest BCUT2D eigenvalue weighted by atomic mass is 10.1. The minimum Gasteiger partial charge on any atom is -0.369 e. The van der Waals surface area contributed by atoms with Crippen molar-refractivity contribution in [2.45, 2.75) is 44.7 Å². The third kappa shape index (κ3) is 5.10. The number of fused-ring (bicyclic) bond motifs is 1. The van der Waals surface area contributed by atoms with E-state index >= 15 is 0 Å². The molecule has 0 bridgehead atoms. The van der Waals surface area contributed by atoms with Crippen LogP contribution in [0.5, 0.6) is 0 Å². The number of hydrogen-bond donors (Lipinski definition) is 2. The molecular weight excluding hydrogens is 446 g/mol. The number of nitrogens with one attached hydrogen (secondary N) is 1. The van der Waals surface area contributed by atoms with Crippen molar-refractivity contribution >= 4 is 28.3 Å². The molecule has 3 N–H and O–H groups in total. The maximum Gasteiger partial charge on any atom is 0.275 e. The van der Waals surface area contributed by atoms with Crippen LogP contribution in [-0.2, 0) is 9.59 Å². The number of aromatic nitrogens is 2. The van der Waals surface area contributed by atoms with Gasteiger partial charge in [-0.05, 0) is 57.5 Å². The van der Waals surface area contributed by atoms with Gasteiger partial charge in [-0.25, -0.2) is 4.68 Å². The highest BCUT2D eigenvalue weighted by atomic mass is 16.2. The number of benzene rings is 1. The van der Waals surface area contributed by atoms with E-state index in [0.29, 0.717) is 17.1 Å². The summed E-state index contributed by atoms with van der Waals surface area (Å²) < 4.78 is 1.24. The number of amides is 2. The van der Waals surface area contributed by atoms with E-state index in [-0.39, 0.29) is 24.3 Å². The predicted molar refractivity (Wildman–Crippen MR) is 134 cm³/mol. The molecule has 3 fully saturated rings. The Morgan fingerprint density at radius 1 is 0.943 bits per heavy atom. The van der Waals surface area contributed by atoms with Crippen molar-refractivity contribution in [3.05, 3.63) is 34.2 Å². The highest BCUT2D eigenvalue weighted by Gasteiger charge is 2.30. The molecule has 188 valence electrons. The molecule has 1 aromatic carbocycles. The van der Waals surface area contributed by atoms with Crippen LogP contribution in [0.3, 0.4) is 0 Å². The molecule has 4 heterocycles. The quantitative estimate of drug-likeness (QED) is 0.583. The topological polar surface area (TPSA) is 117 Å². The number of piperazine rings is 1. The average Bonchev–Trinajstić information content (AvgIpc) is 2.86. The molecule has 0 aliphatic carbocycles. The summed E-state index contributed by atoms with van der Waals surface area (Å²) in [4.78, 5) is 44.4. The first-order chi connectivity index (χ1) is 16.9. The Morgan fingerprint density at radius 3 is 2.31 bits per heavy atom. The molecule has 10 heteroatoms. The zero-order valence-corrected chi connectivity index (χ0v) is 20.4. The van der Waals surface area contributed by atoms with Gasteiger partial charge in [0, 0.05) is 62.8 Å². The number of carbonyl (C=O) groups is 2. The molecule has 3 saturated heterocycles. The number of hydrogen-bond acceptors (Lipinski definition) is 8. The Bertz CT molecular complexity index is 1160. The van der Waals surface area contributed by atoms with Crippen LogP contribution in [0.15, 0.2) is 23.0 Å². The zero-order valence-electron chi connectivity index (χ0n) is 20.4. The summed E-state index contributed by atoms with van der Waals surface area (Å²) in [5.41, 5.74) is 7.51. The molecule has 35 heavy (non-hydrogen) atoms. The van der Waals surface area contributed by atoms with Gasteiger partial charge in [0.05, 0.1) is 11.1 Å². The molecular formula is C25H35N7O3. The van der Waals surface area contributed by atoms with E-state index in [1.807, 2.05) is 25.1 Å². The first-order valence-electron chi connectivity index (χ1n) is 12.7. The molecule has 0 spiro atoms. The normalized spacial score (nSPS) is 23.1.